The third-order valence-corrected chi connectivity index (χ3v) is 2.55. The van der Waals surface area contributed by atoms with Crippen molar-refractivity contribution in [3.63, 3.8) is 0 Å². The number of hydrogen-bond donors (Lipinski definition) is 0. The van der Waals surface area contributed by atoms with Crippen molar-refractivity contribution < 1.29 is 18.8 Å². The summed E-state index contributed by atoms with van der Waals surface area (Å²) in [5.41, 5.74) is 0.564. The predicted octanol–water partition coefficient (Wildman–Crippen LogP) is 3.35. The summed E-state index contributed by atoms with van der Waals surface area (Å²) in [6.45, 7) is 0. The lowest BCUT2D eigenvalue weighted by atomic mass is 10.2. The molecule has 2 aromatic carbocycles. The first-order valence-electron chi connectivity index (χ1n) is 5.94. The van der Waals surface area contributed by atoms with E-state index < -0.39 is 10.9 Å². The second kappa shape index (κ2) is 6.42. The van der Waals surface area contributed by atoms with Crippen molar-refractivity contribution in [1.82, 2.24) is 0 Å². The summed E-state index contributed by atoms with van der Waals surface area (Å²) in [5, 5.41) is 10.5. The van der Waals surface area contributed by atoms with Crippen LogP contribution in [0.15, 0.2) is 54.6 Å². The topological polar surface area (TPSA) is 69.4 Å². The monoisotopic (exact) mass is 287 g/mol. The molecule has 5 nitrogen and oxygen atoms in total. The van der Waals surface area contributed by atoms with Crippen molar-refractivity contribution in [3.8, 4) is 5.75 Å². The number of rotatable bonds is 4. The van der Waals surface area contributed by atoms with Gasteiger partial charge >= 0.3 is 5.97 Å². The van der Waals surface area contributed by atoms with Gasteiger partial charge in [-0.15, -0.1) is 0 Å². The van der Waals surface area contributed by atoms with E-state index >= 15 is 0 Å². The van der Waals surface area contributed by atoms with Crippen LogP contribution in [0.3, 0.4) is 0 Å². The number of carbonyl (C=O) groups is 1. The SMILES string of the molecule is O=C(C=Cc1ccc(F)cc1)Oc1ccc([N+](=O)[O-])cc1. The minimum absolute atomic E-state index is 0.0864. The molecule has 0 radical (unpaired) electrons. The largest absolute Gasteiger partial charge is 0.423 e. The van der Waals surface area contributed by atoms with E-state index in [4.69, 9.17) is 4.74 Å². The highest BCUT2D eigenvalue weighted by molar-refractivity contribution is 5.88. The van der Waals surface area contributed by atoms with Crippen LogP contribution < -0.4 is 4.74 Å². The Morgan fingerprint density at radius 1 is 1.10 bits per heavy atom. The Morgan fingerprint density at radius 2 is 1.71 bits per heavy atom. The van der Waals surface area contributed by atoms with Crippen molar-refractivity contribution in [2.45, 2.75) is 0 Å². The molecule has 0 saturated carbocycles. The van der Waals surface area contributed by atoms with Crippen molar-refractivity contribution in [2.75, 3.05) is 0 Å². The number of nitro benzene ring substituents is 1. The van der Waals surface area contributed by atoms with Gasteiger partial charge in [-0.05, 0) is 35.9 Å². The van der Waals surface area contributed by atoms with Gasteiger partial charge in [0.25, 0.3) is 5.69 Å². The van der Waals surface area contributed by atoms with E-state index in [1.54, 1.807) is 0 Å². The molecule has 21 heavy (non-hydrogen) atoms. The van der Waals surface area contributed by atoms with Gasteiger partial charge in [0.15, 0.2) is 0 Å². The number of ether oxygens (including phenoxy) is 1. The maximum atomic E-state index is 12.7. The Bertz CT molecular complexity index is 678. The van der Waals surface area contributed by atoms with Gasteiger partial charge in [-0.3, -0.25) is 10.1 Å². The number of non-ortho nitro benzene ring substituents is 1. The fraction of sp³-hybridized carbons (Fsp3) is 0. The van der Waals surface area contributed by atoms with Gasteiger partial charge in [0, 0.05) is 18.2 Å². The number of nitrogens with zero attached hydrogens (tertiary/aromatic N) is 1. The summed E-state index contributed by atoms with van der Waals surface area (Å²) in [6, 6.07) is 10.8. The molecular weight excluding hydrogens is 277 g/mol. The van der Waals surface area contributed by atoms with Crippen molar-refractivity contribution in [2.24, 2.45) is 0 Å². The second-order valence-electron chi connectivity index (χ2n) is 4.06. The Kier molecular flexibility index (Phi) is 4.40. The van der Waals surface area contributed by atoms with Crippen LogP contribution in [0.5, 0.6) is 5.75 Å². The Hall–Kier alpha value is -3.02. The summed E-state index contributed by atoms with van der Waals surface area (Å²) in [4.78, 5) is 21.5. The third-order valence-electron chi connectivity index (χ3n) is 2.55. The van der Waals surface area contributed by atoms with E-state index in [1.165, 1.54) is 60.7 Å². The molecule has 0 spiro atoms. The highest BCUT2D eigenvalue weighted by atomic mass is 19.1. The third kappa shape index (κ3) is 4.24. The van der Waals surface area contributed by atoms with E-state index in [-0.39, 0.29) is 17.3 Å². The molecule has 0 fully saturated rings. The molecule has 2 aromatic rings. The number of halogens is 1. The van der Waals surface area contributed by atoms with Gasteiger partial charge in [-0.25, -0.2) is 9.18 Å². The van der Waals surface area contributed by atoms with Crippen molar-refractivity contribution in [3.05, 3.63) is 76.1 Å². The van der Waals surface area contributed by atoms with Gasteiger partial charge in [0.2, 0.25) is 0 Å². The van der Waals surface area contributed by atoms with Crippen LogP contribution in [-0.4, -0.2) is 10.9 Å². The van der Waals surface area contributed by atoms with Crippen LogP contribution >= 0.6 is 0 Å². The maximum absolute atomic E-state index is 12.7. The van der Waals surface area contributed by atoms with Gasteiger partial charge in [-0.1, -0.05) is 12.1 Å². The molecule has 0 aromatic heterocycles. The van der Waals surface area contributed by atoms with E-state index in [0.29, 0.717) is 5.56 Å². The van der Waals surface area contributed by atoms with Crippen LogP contribution in [0.2, 0.25) is 0 Å². The van der Waals surface area contributed by atoms with Gasteiger partial charge in [0.1, 0.15) is 11.6 Å². The Balaban J connectivity index is 1.98. The predicted molar refractivity (Wildman–Crippen MR) is 74.2 cm³/mol. The summed E-state index contributed by atoms with van der Waals surface area (Å²) in [6.07, 6.45) is 2.67. The van der Waals surface area contributed by atoms with Crippen LogP contribution in [0.1, 0.15) is 5.56 Å². The average Bonchev–Trinajstić information content (AvgIpc) is 2.47. The first kappa shape index (κ1) is 14.4. The van der Waals surface area contributed by atoms with Crippen LogP contribution in [0.4, 0.5) is 10.1 Å². The molecule has 0 aliphatic heterocycles. The second-order valence-corrected chi connectivity index (χ2v) is 4.06. The van der Waals surface area contributed by atoms with Crippen molar-refractivity contribution in [1.29, 1.82) is 0 Å². The number of nitro groups is 1. The number of carbonyl (C=O) groups excluding carboxylic acids is 1. The fourth-order valence-corrected chi connectivity index (χ4v) is 1.52. The molecule has 6 heteroatoms. The Morgan fingerprint density at radius 3 is 2.29 bits per heavy atom. The van der Waals surface area contributed by atoms with Gasteiger partial charge in [-0.2, -0.15) is 0 Å². The molecule has 0 aliphatic rings. The molecule has 0 bridgehead atoms. The summed E-state index contributed by atoms with van der Waals surface area (Å²) in [5.74, 6) is -0.789. The van der Waals surface area contributed by atoms with E-state index in [9.17, 15) is 19.3 Å². The standard InChI is InChI=1S/C15H10FNO4/c16-12-4-1-11(2-5-12)3-10-15(18)21-14-8-6-13(7-9-14)17(19)20/h1-10H. The molecule has 0 amide bonds. The maximum Gasteiger partial charge on any atom is 0.336 e. The molecule has 106 valence electrons. The fourth-order valence-electron chi connectivity index (χ4n) is 1.52. The lowest BCUT2D eigenvalue weighted by Crippen LogP contribution is -2.03. The van der Waals surface area contributed by atoms with Crippen molar-refractivity contribution >= 4 is 17.7 Å². The van der Waals surface area contributed by atoms with E-state index in [2.05, 4.69) is 0 Å². The molecule has 0 unspecified atom stereocenters. The molecule has 0 aliphatic carbocycles. The van der Waals surface area contributed by atoms with E-state index in [1.807, 2.05) is 0 Å². The molecule has 0 N–H and O–H groups in total. The average molecular weight is 287 g/mol. The molecular formula is C15H10FNO4. The zero-order valence-corrected chi connectivity index (χ0v) is 10.7. The van der Waals surface area contributed by atoms with Gasteiger partial charge < -0.3 is 4.74 Å². The van der Waals surface area contributed by atoms with E-state index in [0.717, 1.165) is 0 Å². The van der Waals surface area contributed by atoms with Crippen LogP contribution in [0, 0.1) is 15.9 Å². The number of hydrogen-bond acceptors (Lipinski definition) is 4. The Labute approximate surface area is 119 Å². The lowest BCUT2D eigenvalue weighted by molar-refractivity contribution is -0.384. The summed E-state index contributed by atoms with van der Waals surface area (Å²) >= 11 is 0. The number of esters is 1. The minimum atomic E-state index is -0.631. The molecule has 0 heterocycles. The lowest BCUT2D eigenvalue weighted by Gasteiger charge is -2.00. The smallest absolute Gasteiger partial charge is 0.336 e. The molecule has 0 atom stereocenters. The molecule has 0 saturated heterocycles. The highest BCUT2D eigenvalue weighted by Crippen LogP contribution is 2.17. The summed E-state index contributed by atoms with van der Waals surface area (Å²) < 4.78 is 17.7. The molecule has 2 rings (SSSR count). The van der Waals surface area contributed by atoms with Crippen LogP contribution in [0.25, 0.3) is 6.08 Å². The normalized spacial score (nSPS) is 10.5. The summed E-state index contributed by atoms with van der Waals surface area (Å²) in [7, 11) is 0. The van der Waals surface area contributed by atoms with Gasteiger partial charge in [0.05, 0.1) is 4.92 Å². The first-order chi connectivity index (χ1) is 10.0. The zero-order valence-electron chi connectivity index (χ0n) is 10.7. The highest BCUT2D eigenvalue weighted by Gasteiger charge is 2.06. The minimum Gasteiger partial charge on any atom is -0.423 e. The first-order valence-corrected chi connectivity index (χ1v) is 5.94. The quantitative estimate of drug-likeness (QED) is 0.284. The van der Waals surface area contributed by atoms with Crippen LogP contribution in [-0.2, 0) is 4.79 Å². The zero-order chi connectivity index (χ0) is 15.2. The number of benzene rings is 2.